The van der Waals surface area contributed by atoms with E-state index in [9.17, 15) is 4.39 Å². The Labute approximate surface area is 136 Å². The van der Waals surface area contributed by atoms with E-state index in [4.69, 9.17) is 11.6 Å². The zero-order chi connectivity index (χ0) is 14.7. The van der Waals surface area contributed by atoms with Crippen molar-refractivity contribution in [2.24, 2.45) is 0 Å². The van der Waals surface area contributed by atoms with Gasteiger partial charge < -0.3 is 4.57 Å². The predicted molar refractivity (Wildman–Crippen MR) is 89.3 cm³/mol. The number of halogens is 3. The number of imidazole rings is 1. The minimum atomic E-state index is -0.269. The number of fused-ring (bicyclic) bond motifs is 1. The van der Waals surface area contributed by atoms with Crippen LogP contribution in [0.5, 0.6) is 0 Å². The van der Waals surface area contributed by atoms with Gasteiger partial charge in [0, 0.05) is 12.1 Å². The van der Waals surface area contributed by atoms with Gasteiger partial charge in [-0.05, 0) is 46.8 Å². The number of alkyl halides is 1. The van der Waals surface area contributed by atoms with Crippen molar-refractivity contribution in [3.8, 4) is 0 Å². The van der Waals surface area contributed by atoms with Crippen LogP contribution < -0.4 is 0 Å². The third-order valence-corrected chi connectivity index (χ3v) is 5.03. The second-order valence-electron chi connectivity index (χ2n) is 4.62. The first-order valence-corrected chi connectivity index (χ1v) is 9.06. The van der Waals surface area contributed by atoms with E-state index in [0.717, 1.165) is 34.8 Å². The molecule has 1 unspecified atom stereocenters. The largest absolute Gasteiger partial charge is 0.324 e. The molecular formula is C14H17BrClFN2S. The SMILES string of the molecule is CCSCCC(C)n1c(CCl)nc2cc(Br)c(F)cc21. The zero-order valence-corrected chi connectivity index (χ0v) is 14.7. The molecule has 2 aromatic rings. The number of benzene rings is 1. The van der Waals surface area contributed by atoms with E-state index in [1.54, 1.807) is 6.07 Å². The van der Waals surface area contributed by atoms with Gasteiger partial charge in [0.15, 0.2) is 0 Å². The average Bonchev–Trinajstić information content (AvgIpc) is 2.77. The van der Waals surface area contributed by atoms with Gasteiger partial charge >= 0.3 is 0 Å². The predicted octanol–water partition coefficient (Wildman–Crippen LogP) is 5.38. The molecular weight excluding hydrogens is 363 g/mol. The van der Waals surface area contributed by atoms with Gasteiger partial charge in [0.2, 0.25) is 0 Å². The van der Waals surface area contributed by atoms with Gasteiger partial charge in [-0.3, -0.25) is 0 Å². The number of hydrogen-bond donors (Lipinski definition) is 0. The topological polar surface area (TPSA) is 17.8 Å². The minimum absolute atomic E-state index is 0.258. The lowest BCUT2D eigenvalue weighted by Gasteiger charge is -2.16. The molecule has 1 atom stereocenters. The molecule has 0 N–H and O–H groups in total. The third-order valence-electron chi connectivity index (χ3n) is 3.25. The van der Waals surface area contributed by atoms with Crippen LogP contribution in [-0.2, 0) is 5.88 Å². The molecule has 0 spiro atoms. The maximum Gasteiger partial charge on any atom is 0.139 e. The van der Waals surface area contributed by atoms with E-state index in [2.05, 4.69) is 39.3 Å². The van der Waals surface area contributed by atoms with Gasteiger partial charge in [-0.1, -0.05) is 6.92 Å². The number of thioether (sulfide) groups is 1. The van der Waals surface area contributed by atoms with Crippen molar-refractivity contribution in [3.05, 3.63) is 28.2 Å². The van der Waals surface area contributed by atoms with Gasteiger partial charge in [-0.15, -0.1) is 11.6 Å². The molecule has 1 aromatic heterocycles. The number of rotatable bonds is 6. The Balaban J connectivity index is 2.41. The Morgan fingerprint density at radius 1 is 1.50 bits per heavy atom. The quantitative estimate of drug-likeness (QED) is 0.495. The van der Waals surface area contributed by atoms with Crippen molar-refractivity contribution in [1.29, 1.82) is 0 Å². The lowest BCUT2D eigenvalue weighted by atomic mass is 10.2. The summed E-state index contributed by atoms with van der Waals surface area (Å²) >= 11 is 11.1. The molecule has 1 heterocycles. The third kappa shape index (κ3) is 3.31. The molecule has 0 bridgehead atoms. The second kappa shape index (κ2) is 7.14. The van der Waals surface area contributed by atoms with Crippen LogP contribution in [0.25, 0.3) is 11.0 Å². The van der Waals surface area contributed by atoms with E-state index in [1.807, 2.05) is 11.8 Å². The first-order chi connectivity index (χ1) is 9.58. The van der Waals surface area contributed by atoms with Crippen molar-refractivity contribution >= 4 is 50.3 Å². The van der Waals surface area contributed by atoms with Gasteiger partial charge in [-0.2, -0.15) is 11.8 Å². The van der Waals surface area contributed by atoms with Gasteiger partial charge in [-0.25, -0.2) is 9.37 Å². The Morgan fingerprint density at radius 2 is 2.25 bits per heavy atom. The highest BCUT2D eigenvalue weighted by Gasteiger charge is 2.17. The normalized spacial score (nSPS) is 13.1. The fourth-order valence-electron chi connectivity index (χ4n) is 2.25. The summed E-state index contributed by atoms with van der Waals surface area (Å²) in [7, 11) is 0. The molecule has 2 rings (SSSR count). The van der Waals surface area contributed by atoms with Crippen molar-refractivity contribution in [1.82, 2.24) is 9.55 Å². The number of aromatic nitrogens is 2. The van der Waals surface area contributed by atoms with E-state index < -0.39 is 0 Å². The Morgan fingerprint density at radius 3 is 2.90 bits per heavy atom. The van der Waals surface area contributed by atoms with Crippen LogP contribution in [0, 0.1) is 5.82 Å². The molecule has 6 heteroatoms. The lowest BCUT2D eigenvalue weighted by Crippen LogP contribution is -2.09. The molecule has 110 valence electrons. The number of hydrogen-bond acceptors (Lipinski definition) is 2. The van der Waals surface area contributed by atoms with Crippen LogP contribution in [-0.4, -0.2) is 21.1 Å². The van der Waals surface area contributed by atoms with Crippen LogP contribution in [0.1, 0.15) is 32.1 Å². The summed E-state index contributed by atoms with van der Waals surface area (Å²) in [5.74, 6) is 3.06. The molecule has 0 radical (unpaired) electrons. The van der Waals surface area contributed by atoms with Crippen molar-refractivity contribution in [3.63, 3.8) is 0 Å². The molecule has 20 heavy (non-hydrogen) atoms. The molecule has 0 fully saturated rings. The van der Waals surface area contributed by atoms with E-state index >= 15 is 0 Å². The Bertz CT molecular complexity index is 602. The minimum Gasteiger partial charge on any atom is -0.324 e. The maximum absolute atomic E-state index is 13.8. The van der Waals surface area contributed by atoms with Crippen LogP contribution in [0.15, 0.2) is 16.6 Å². The van der Waals surface area contributed by atoms with Crippen LogP contribution in [0.4, 0.5) is 4.39 Å². The summed E-state index contributed by atoms with van der Waals surface area (Å²) in [6.45, 7) is 4.28. The van der Waals surface area contributed by atoms with Gasteiger partial charge in [0.1, 0.15) is 11.6 Å². The smallest absolute Gasteiger partial charge is 0.139 e. The number of nitrogens with zero attached hydrogens (tertiary/aromatic N) is 2. The van der Waals surface area contributed by atoms with Crippen LogP contribution >= 0.6 is 39.3 Å². The summed E-state index contributed by atoms with van der Waals surface area (Å²) in [6, 6.07) is 3.50. The first-order valence-electron chi connectivity index (χ1n) is 6.58. The summed E-state index contributed by atoms with van der Waals surface area (Å²) < 4.78 is 16.3. The highest BCUT2D eigenvalue weighted by atomic mass is 79.9. The fourth-order valence-corrected chi connectivity index (χ4v) is 3.57. The van der Waals surface area contributed by atoms with E-state index in [1.165, 1.54) is 6.07 Å². The molecule has 2 nitrogen and oxygen atoms in total. The molecule has 0 amide bonds. The van der Waals surface area contributed by atoms with Crippen molar-refractivity contribution < 1.29 is 4.39 Å². The first kappa shape index (κ1) is 16.1. The zero-order valence-electron chi connectivity index (χ0n) is 11.5. The average molecular weight is 380 g/mol. The molecule has 1 aromatic carbocycles. The highest BCUT2D eigenvalue weighted by molar-refractivity contribution is 9.10. The molecule has 0 aliphatic heterocycles. The van der Waals surface area contributed by atoms with Crippen molar-refractivity contribution in [2.75, 3.05) is 11.5 Å². The van der Waals surface area contributed by atoms with Crippen molar-refractivity contribution in [2.45, 2.75) is 32.2 Å². The molecule has 0 aliphatic carbocycles. The molecule has 0 aliphatic rings. The molecule has 0 saturated heterocycles. The van der Waals surface area contributed by atoms with Gasteiger partial charge in [0.25, 0.3) is 0 Å². The summed E-state index contributed by atoms with van der Waals surface area (Å²) in [5, 5.41) is 0. The summed E-state index contributed by atoms with van der Waals surface area (Å²) in [6.07, 6.45) is 1.02. The van der Waals surface area contributed by atoms with E-state index in [0.29, 0.717) is 10.4 Å². The van der Waals surface area contributed by atoms with Crippen LogP contribution in [0.2, 0.25) is 0 Å². The highest BCUT2D eigenvalue weighted by Crippen LogP contribution is 2.29. The second-order valence-corrected chi connectivity index (χ2v) is 7.14. The molecule has 0 saturated carbocycles. The van der Waals surface area contributed by atoms with Gasteiger partial charge in [0.05, 0.1) is 21.4 Å². The standard InChI is InChI=1S/C14H17BrClFN2S/c1-3-20-5-4-9(2)19-13-7-11(17)10(15)6-12(13)18-14(19)8-16/h6-7,9H,3-5,8H2,1-2H3. The summed E-state index contributed by atoms with van der Waals surface area (Å²) in [5.41, 5.74) is 1.60. The fraction of sp³-hybridized carbons (Fsp3) is 0.500. The monoisotopic (exact) mass is 378 g/mol. The maximum atomic E-state index is 13.8. The summed E-state index contributed by atoms with van der Waals surface area (Å²) in [4.78, 5) is 4.51. The Hall–Kier alpha value is -0.260. The van der Waals surface area contributed by atoms with Crippen LogP contribution in [0.3, 0.4) is 0 Å². The Kier molecular flexibility index (Phi) is 5.75. The van der Waals surface area contributed by atoms with E-state index in [-0.39, 0.29) is 11.9 Å². The lowest BCUT2D eigenvalue weighted by molar-refractivity contribution is 0.532.